The van der Waals surface area contributed by atoms with Crippen LogP contribution in [0.1, 0.15) is 12.0 Å². The van der Waals surface area contributed by atoms with Gasteiger partial charge in [0.25, 0.3) is 0 Å². The third kappa shape index (κ3) is 5.03. The van der Waals surface area contributed by atoms with E-state index in [0.717, 1.165) is 49.4 Å². The molecule has 3 rings (SSSR count). The van der Waals surface area contributed by atoms with E-state index >= 15 is 0 Å². The molecule has 0 aliphatic carbocycles. The molecule has 0 aromatic heterocycles. The van der Waals surface area contributed by atoms with Crippen LogP contribution in [0.5, 0.6) is 0 Å². The van der Waals surface area contributed by atoms with E-state index in [2.05, 4.69) is 26.6 Å². The summed E-state index contributed by atoms with van der Waals surface area (Å²) in [6.07, 6.45) is 1.22. The standard InChI is InChI=1S/C18H27ClN4OS/c1-20-17(21-12-15-3-2-4-16(19)11-15)22-13-18(5-10-25-14-18)23-6-8-24-9-7-23/h2-4,11H,5-10,12-14H2,1H3,(H2,20,21,22). The molecule has 0 bridgehead atoms. The van der Waals surface area contributed by atoms with Crippen LogP contribution in [0.3, 0.4) is 0 Å². The molecular weight excluding hydrogens is 356 g/mol. The van der Waals surface area contributed by atoms with Crippen LogP contribution in [0.25, 0.3) is 0 Å². The average molecular weight is 383 g/mol. The van der Waals surface area contributed by atoms with Gasteiger partial charge < -0.3 is 15.4 Å². The lowest BCUT2D eigenvalue weighted by Gasteiger charge is -2.43. The average Bonchev–Trinajstić information content (AvgIpc) is 3.13. The first kappa shape index (κ1) is 18.8. The number of benzene rings is 1. The van der Waals surface area contributed by atoms with Crippen LogP contribution >= 0.6 is 23.4 Å². The Bertz CT molecular complexity index is 586. The van der Waals surface area contributed by atoms with Gasteiger partial charge in [-0.05, 0) is 29.9 Å². The fourth-order valence-corrected chi connectivity index (χ4v) is 5.13. The molecule has 0 saturated carbocycles. The molecule has 1 unspecified atom stereocenters. The normalized spacial score (nSPS) is 25.1. The topological polar surface area (TPSA) is 48.9 Å². The Morgan fingerprint density at radius 3 is 2.88 bits per heavy atom. The van der Waals surface area contributed by atoms with E-state index in [-0.39, 0.29) is 5.54 Å². The zero-order valence-electron chi connectivity index (χ0n) is 14.8. The van der Waals surface area contributed by atoms with Gasteiger partial charge in [-0.15, -0.1) is 0 Å². The summed E-state index contributed by atoms with van der Waals surface area (Å²) in [6.45, 7) is 5.35. The number of aliphatic imine (C=N–C) groups is 1. The third-order valence-electron chi connectivity index (χ3n) is 4.92. The SMILES string of the molecule is CN=C(NCc1cccc(Cl)c1)NCC1(N2CCOCC2)CCSC1. The summed E-state index contributed by atoms with van der Waals surface area (Å²) in [5.74, 6) is 3.24. The predicted molar refractivity (Wildman–Crippen MR) is 107 cm³/mol. The van der Waals surface area contributed by atoms with Gasteiger partial charge in [-0.1, -0.05) is 23.7 Å². The minimum Gasteiger partial charge on any atom is -0.379 e. The van der Waals surface area contributed by atoms with Crippen molar-refractivity contribution in [3.63, 3.8) is 0 Å². The van der Waals surface area contributed by atoms with Crippen LogP contribution in [0.2, 0.25) is 5.02 Å². The molecule has 2 fully saturated rings. The number of hydrogen-bond donors (Lipinski definition) is 2. The summed E-state index contributed by atoms with van der Waals surface area (Å²) in [4.78, 5) is 6.98. The molecule has 2 saturated heterocycles. The maximum absolute atomic E-state index is 6.05. The zero-order chi connectivity index (χ0) is 17.5. The molecule has 1 atom stereocenters. The van der Waals surface area contributed by atoms with Gasteiger partial charge in [-0.2, -0.15) is 11.8 Å². The molecule has 2 aliphatic rings. The van der Waals surface area contributed by atoms with E-state index in [4.69, 9.17) is 16.3 Å². The van der Waals surface area contributed by atoms with Gasteiger partial charge in [-0.25, -0.2) is 0 Å². The highest BCUT2D eigenvalue weighted by molar-refractivity contribution is 7.99. The van der Waals surface area contributed by atoms with Crippen molar-refractivity contribution in [1.29, 1.82) is 0 Å². The highest BCUT2D eigenvalue weighted by Crippen LogP contribution is 2.33. The Kier molecular flexibility index (Phi) is 6.87. The fraction of sp³-hybridized carbons (Fsp3) is 0.611. The lowest BCUT2D eigenvalue weighted by atomic mass is 9.95. The van der Waals surface area contributed by atoms with E-state index in [1.807, 2.05) is 37.0 Å². The number of halogens is 1. The lowest BCUT2D eigenvalue weighted by molar-refractivity contribution is -0.0120. The number of hydrogen-bond acceptors (Lipinski definition) is 4. The van der Waals surface area contributed by atoms with Gasteiger partial charge in [0.1, 0.15) is 0 Å². The summed E-state index contributed by atoms with van der Waals surface area (Å²) in [7, 11) is 1.82. The van der Waals surface area contributed by atoms with Gasteiger partial charge in [0.15, 0.2) is 5.96 Å². The van der Waals surface area contributed by atoms with Crippen LogP contribution in [0.4, 0.5) is 0 Å². The molecule has 2 N–H and O–H groups in total. The van der Waals surface area contributed by atoms with Gasteiger partial charge in [-0.3, -0.25) is 9.89 Å². The minimum atomic E-state index is 0.210. The largest absolute Gasteiger partial charge is 0.379 e. The zero-order valence-corrected chi connectivity index (χ0v) is 16.3. The maximum Gasteiger partial charge on any atom is 0.191 e. The maximum atomic E-state index is 6.05. The van der Waals surface area contributed by atoms with Crippen LogP contribution in [-0.2, 0) is 11.3 Å². The highest BCUT2D eigenvalue weighted by Gasteiger charge is 2.40. The Labute approximate surface area is 159 Å². The summed E-state index contributed by atoms with van der Waals surface area (Å²) in [5.41, 5.74) is 1.36. The van der Waals surface area contributed by atoms with Gasteiger partial charge in [0.2, 0.25) is 0 Å². The van der Waals surface area contributed by atoms with Crippen LogP contribution in [0, 0.1) is 0 Å². The molecule has 1 aromatic rings. The summed E-state index contributed by atoms with van der Waals surface area (Å²) < 4.78 is 5.53. The van der Waals surface area contributed by atoms with Crippen LogP contribution in [-0.4, -0.2) is 67.8 Å². The monoisotopic (exact) mass is 382 g/mol. The first-order valence-corrected chi connectivity index (χ1v) is 10.3. The lowest BCUT2D eigenvalue weighted by Crippen LogP contribution is -2.60. The number of nitrogens with one attached hydrogen (secondary N) is 2. The molecule has 0 spiro atoms. The second-order valence-electron chi connectivity index (χ2n) is 6.54. The van der Waals surface area contributed by atoms with Crippen LogP contribution in [0.15, 0.2) is 29.3 Å². The first-order chi connectivity index (χ1) is 12.2. The number of nitrogens with zero attached hydrogens (tertiary/aromatic N) is 2. The second kappa shape index (κ2) is 9.12. The third-order valence-corrected chi connectivity index (χ3v) is 6.39. The summed E-state index contributed by atoms with van der Waals surface area (Å²) in [6, 6.07) is 7.90. The van der Waals surface area contributed by atoms with E-state index in [9.17, 15) is 0 Å². The number of guanidine groups is 1. The Morgan fingerprint density at radius 1 is 1.36 bits per heavy atom. The van der Waals surface area contributed by atoms with Crippen molar-refractivity contribution in [1.82, 2.24) is 15.5 Å². The Hall–Kier alpha value is -0.950. The summed E-state index contributed by atoms with van der Waals surface area (Å²) >= 11 is 8.10. The molecule has 0 amide bonds. The number of morpholine rings is 1. The van der Waals surface area contributed by atoms with E-state index in [1.165, 1.54) is 17.9 Å². The molecule has 25 heavy (non-hydrogen) atoms. The molecule has 1 aromatic carbocycles. The molecule has 7 heteroatoms. The van der Waals surface area contributed by atoms with Crippen LogP contribution < -0.4 is 10.6 Å². The van der Waals surface area contributed by atoms with Gasteiger partial charge in [0.05, 0.1) is 13.2 Å². The first-order valence-electron chi connectivity index (χ1n) is 8.81. The van der Waals surface area contributed by atoms with E-state index in [0.29, 0.717) is 6.54 Å². The second-order valence-corrected chi connectivity index (χ2v) is 8.08. The van der Waals surface area contributed by atoms with Crippen molar-refractivity contribution in [2.75, 3.05) is 51.4 Å². The minimum absolute atomic E-state index is 0.210. The Morgan fingerprint density at radius 2 is 2.20 bits per heavy atom. The van der Waals surface area contributed by atoms with Crippen molar-refractivity contribution in [2.45, 2.75) is 18.5 Å². The van der Waals surface area contributed by atoms with Gasteiger partial charge >= 0.3 is 0 Å². The molecule has 2 aliphatic heterocycles. The highest BCUT2D eigenvalue weighted by atomic mass is 35.5. The molecule has 2 heterocycles. The van der Waals surface area contributed by atoms with Crippen molar-refractivity contribution in [2.24, 2.45) is 4.99 Å². The Balaban J connectivity index is 1.55. The quantitative estimate of drug-likeness (QED) is 0.604. The molecule has 5 nitrogen and oxygen atoms in total. The smallest absolute Gasteiger partial charge is 0.191 e. The molecule has 138 valence electrons. The van der Waals surface area contributed by atoms with Crippen molar-refractivity contribution >= 4 is 29.3 Å². The number of rotatable bonds is 5. The van der Waals surface area contributed by atoms with E-state index < -0.39 is 0 Å². The number of ether oxygens (including phenoxy) is 1. The van der Waals surface area contributed by atoms with Gasteiger partial charge in [0, 0.05) is 49.5 Å². The van der Waals surface area contributed by atoms with Crippen molar-refractivity contribution in [3.05, 3.63) is 34.9 Å². The van der Waals surface area contributed by atoms with Crippen molar-refractivity contribution in [3.8, 4) is 0 Å². The van der Waals surface area contributed by atoms with E-state index in [1.54, 1.807) is 0 Å². The fourth-order valence-electron chi connectivity index (χ4n) is 3.44. The molecular formula is C18H27ClN4OS. The van der Waals surface area contributed by atoms with Crippen molar-refractivity contribution < 1.29 is 4.74 Å². The summed E-state index contributed by atoms with van der Waals surface area (Å²) in [5, 5.41) is 7.69. The number of thioether (sulfide) groups is 1. The molecule has 0 radical (unpaired) electrons. The predicted octanol–water partition coefficient (Wildman–Crippen LogP) is 2.21.